The van der Waals surface area contributed by atoms with Crippen LogP contribution in [-0.2, 0) is 11.3 Å². The number of carbonyl (C=O) groups is 3. The van der Waals surface area contributed by atoms with Crippen LogP contribution in [-0.4, -0.2) is 66.2 Å². The molecule has 2 aromatic heterocycles. The van der Waals surface area contributed by atoms with Crippen LogP contribution in [0.3, 0.4) is 0 Å². The summed E-state index contributed by atoms with van der Waals surface area (Å²) in [4.78, 5) is 55.5. The van der Waals surface area contributed by atoms with E-state index in [0.29, 0.717) is 67.7 Å². The van der Waals surface area contributed by atoms with E-state index in [0.717, 1.165) is 24.3 Å². The van der Waals surface area contributed by atoms with E-state index in [-0.39, 0.29) is 35.4 Å². The molecule has 10 nitrogen and oxygen atoms in total. The summed E-state index contributed by atoms with van der Waals surface area (Å²) in [6.07, 6.45) is 1.99. The van der Waals surface area contributed by atoms with Crippen molar-refractivity contribution in [2.24, 2.45) is 5.92 Å². The lowest BCUT2D eigenvalue weighted by Crippen LogP contribution is -2.47. The lowest BCUT2D eigenvalue weighted by atomic mass is 9.83. The van der Waals surface area contributed by atoms with E-state index in [2.05, 4.69) is 15.5 Å². The Balaban J connectivity index is 1.22. The van der Waals surface area contributed by atoms with Crippen LogP contribution >= 0.6 is 11.3 Å². The summed E-state index contributed by atoms with van der Waals surface area (Å²) in [7, 11) is 0. The van der Waals surface area contributed by atoms with Gasteiger partial charge in [-0.1, -0.05) is 12.1 Å². The molecule has 0 aliphatic carbocycles. The molecule has 2 atom stereocenters. The lowest BCUT2D eigenvalue weighted by Gasteiger charge is -2.44. The molecular weight excluding hydrogens is 554 g/mol. The van der Waals surface area contributed by atoms with Gasteiger partial charge in [-0.15, -0.1) is 11.3 Å². The molecule has 6 rings (SSSR count). The number of anilines is 2. The number of thiophene rings is 1. The van der Waals surface area contributed by atoms with Crippen LogP contribution < -0.4 is 21.1 Å². The molecule has 3 aromatic rings. The van der Waals surface area contributed by atoms with Gasteiger partial charge in [0.25, 0.3) is 17.4 Å². The number of ether oxygens (including phenoxy) is 1. The van der Waals surface area contributed by atoms with Crippen molar-refractivity contribution in [1.29, 1.82) is 0 Å². The van der Waals surface area contributed by atoms with Gasteiger partial charge < -0.3 is 29.7 Å². The molecule has 5 heterocycles. The fraction of sp³-hybridized carbons (Fsp3) is 0.419. The third-order valence-corrected chi connectivity index (χ3v) is 9.30. The van der Waals surface area contributed by atoms with Crippen molar-refractivity contribution in [3.8, 4) is 0 Å². The minimum absolute atomic E-state index is 0.0430. The van der Waals surface area contributed by atoms with E-state index in [9.17, 15) is 19.2 Å². The van der Waals surface area contributed by atoms with Crippen LogP contribution in [0.25, 0.3) is 0 Å². The van der Waals surface area contributed by atoms with E-state index in [1.165, 1.54) is 11.3 Å². The Hall–Kier alpha value is -4.12. The van der Waals surface area contributed by atoms with Crippen LogP contribution in [0, 0.1) is 5.92 Å². The highest BCUT2D eigenvalue weighted by Gasteiger charge is 2.35. The van der Waals surface area contributed by atoms with Gasteiger partial charge >= 0.3 is 6.09 Å². The highest BCUT2D eigenvalue weighted by molar-refractivity contribution is 7.12. The fourth-order valence-electron chi connectivity index (χ4n) is 6.43. The third kappa shape index (κ3) is 5.78. The summed E-state index contributed by atoms with van der Waals surface area (Å²) in [6.45, 7) is 5.31. The second kappa shape index (κ2) is 12.0. The minimum Gasteiger partial charge on any atom is -0.450 e. The van der Waals surface area contributed by atoms with Crippen LogP contribution in [0.15, 0.2) is 58.7 Å². The number of pyridine rings is 1. The van der Waals surface area contributed by atoms with Gasteiger partial charge in [-0.2, -0.15) is 0 Å². The second-order valence-electron chi connectivity index (χ2n) is 11.2. The molecule has 0 radical (unpaired) electrons. The average Bonchev–Trinajstić information content (AvgIpc) is 3.54. The highest BCUT2D eigenvalue weighted by Crippen LogP contribution is 2.39. The molecular formula is C31H35N5O5S. The molecule has 2 unspecified atom stereocenters. The topological polar surface area (TPSA) is 113 Å². The van der Waals surface area contributed by atoms with Crippen LogP contribution in [0.1, 0.15) is 57.8 Å². The second-order valence-corrected chi connectivity index (χ2v) is 12.1. The van der Waals surface area contributed by atoms with Crippen LogP contribution in [0.2, 0.25) is 0 Å². The summed E-state index contributed by atoms with van der Waals surface area (Å²) in [5, 5.41) is 8.04. The van der Waals surface area contributed by atoms with Crippen molar-refractivity contribution in [3.05, 3.63) is 80.4 Å². The molecule has 0 spiro atoms. The number of nitrogens with one attached hydrogen (secondary N) is 2. The van der Waals surface area contributed by atoms with Gasteiger partial charge in [0.1, 0.15) is 0 Å². The smallest absolute Gasteiger partial charge is 0.409 e. The maximum absolute atomic E-state index is 13.3. The number of fused-ring (bicyclic) bond motifs is 4. The molecule has 220 valence electrons. The Kier molecular flexibility index (Phi) is 8.01. The number of nitrogens with zero attached hydrogens (tertiary/aromatic N) is 3. The van der Waals surface area contributed by atoms with Gasteiger partial charge in [0.15, 0.2) is 0 Å². The molecule has 0 saturated carbocycles. The number of benzene rings is 1. The van der Waals surface area contributed by atoms with E-state index < -0.39 is 0 Å². The van der Waals surface area contributed by atoms with Crippen molar-refractivity contribution in [2.75, 3.05) is 43.0 Å². The maximum atomic E-state index is 13.3. The first-order valence-corrected chi connectivity index (χ1v) is 15.4. The third-order valence-electron chi connectivity index (χ3n) is 8.43. The minimum atomic E-state index is -0.318. The van der Waals surface area contributed by atoms with Crippen molar-refractivity contribution in [3.63, 3.8) is 0 Å². The molecule has 2 N–H and O–H groups in total. The Morgan fingerprint density at radius 1 is 1.00 bits per heavy atom. The number of likely N-dealkylation sites (tertiary alicyclic amines) is 1. The van der Waals surface area contributed by atoms with E-state index >= 15 is 0 Å². The molecule has 42 heavy (non-hydrogen) atoms. The number of hydrogen-bond donors (Lipinski definition) is 2. The maximum Gasteiger partial charge on any atom is 0.409 e. The van der Waals surface area contributed by atoms with Crippen molar-refractivity contribution in [2.45, 2.75) is 44.7 Å². The molecule has 3 aliphatic heterocycles. The monoisotopic (exact) mass is 589 g/mol. The van der Waals surface area contributed by atoms with Crippen LogP contribution in [0.5, 0.6) is 0 Å². The zero-order valence-electron chi connectivity index (χ0n) is 23.6. The van der Waals surface area contributed by atoms with E-state index in [1.54, 1.807) is 30.0 Å². The van der Waals surface area contributed by atoms with Gasteiger partial charge in [-0.05, 0) is 67.8 Å². The predicted octanol–water partition coefficient (Wildman–Crippen LogP) is 4.14. The fourth-order valence-corrected chi connectivity index (χ4v) is 7.05. The molecule has 3 amide bonds. The highest BCUT2D eigenvalue weighted by atomic mass is 32.1. The number of hydrogen-bond acceptors (Lipinski definition) is 7. The molecule has 1 aromatic carbocycles. The number of aromatic nitrogens is 1. The Morgan fingerprint density at radius 2 is 1.83 bits per heavy atom. The normalized spacial score (nSPS) is 20.0. The van der Waals surface area contributed by atoms with Crippen LogP contribution in [0.4, 0.5) is 16.2 Å². The van der Waals surface area contributed by atoms with Crippen molar-refractivity contribution < 1.29 is 19.1 Å². The Bertz CT molecular complexity index is 1530. The van der Waals surface area contributed by atoms with Crippen molar-refractivity contribution in [1.82, 2.24) is 14.8 Å². The van der Waals surface area contributed by atoms with Gasteiger partial charge in [0.2, 0.25) is 0 Å². The quantitative estimate of drug-likeness (QED) is 0.447. The SMILES string of the molecule is CCOC(=O)N1CCC(NC(=O)c2ccc(N3CC4CC(C3)c3cccc(=O)n3C4)c(NC(=O)c3cccs3)c2)CC1. The van der Waals surface area contributed by atoms with Gasteiger partial charge in [0.05, 0.1) is 22.9 Å². The first-order chi connectivity index (χ1) is 20.4. The largest absolute Gasteiger partial charge is 0.450 e. The number of amides is 3. The zero-order chi connectivity index (χ0) is 29.2. The summed E-state index contributed by atoms with van der Waals surface area (Å²) in [5.74, 6) is 0.0761. The molecule has 3 aliphatic rings. The molecule has 2 bridgehead atoms. The van der Waals surface area contributed by atoms with Crippen molar-refractivity contribution >= 4 is 40.6 Å². The number of rotatable bonds is 6. The van der Waals surface area contributed by atoms with E-state index in [4.69, 9.17) is 4.74 Å². The Morgan fingerprint density at radius 3 is 2.60 bits per heavy atom. The predicted molar refractivity (Wildman–Crippen MR) is 162 cm³/mol. The summed E-state index contributed by atoms with van der Waals surface area (Å²) < 4.78 is 7.00. The summed E-state index contributed by atoms with van der Waals surface area (Å²) in [6, 6.07) is 14.5. The van der Waals surface area contributed by atoms with Gasteiger partial charge in [-0.25, -0.2) is 4.79 Å². The first-order valence-electron chi connectivity index (χ1n) is 14.6. The number of carbonyl (C=O) groups excluding carboxylic acids is 3. The summed E-state index contributed by atoms with van der Waals surface area (Å²) in [5.41, 5.74) is 3.01. The summed E-state index contributed by atoms with van der Waals surface area (Å²) >= 11 is 1.36. The Labute approximate surface area is 248 Å². The molecule has 2 saturated heterocycles. The van der Waals surface area contributed by atoms with Gasteiger partial charge in [0, 0.05) is 62.0 Å². The lowest BCUT2D eigenvalue weighted by molar-refractivity contribution is 0.0859. The molecule has 2 fully saturated rings. The van der Waals surface area contributed by atoms with E-state index in [1.807, 2.05) is 40.3 Å². The first kappa shape index (κ1) is 28.0. The average molecular weight is 590 g/mol. The standard InChI is InChI=1S/C31H35N5O5S/c1-2-41-31(40)34-12-10-23(11-13-34)32-29(38)21-8-9-26(24(16-21)33-30(39)27-6-4-14-42-27)35-17-20-15-22(19-35)25-5-3-7-28(37)36(25)18-20/h3-9,14,16,20,22-23H,2,10-13,15,17-19H2,1H3,(H,32,38)(H,33,39). The zero-order valence-corrected chi connectivity index (χ0v) is 24.4. The molecule has 11 heteroatoms. The number of piperidine rings is 2. The van der Waals surface area contributed by atoms with Gasteiger partial charge in [-0.3, -0.25) is 14.4 Å².